The first-order valence-electron chi connectivity index (χ1n) is 7.43. The molecule has 1 aliphatic rings. The Morgan fingerprint density at radius 2 is 2.22 bits per heavy atom. The highest BCUT2D eigenvalue weighted by molar-refractivity contribution is 7.97. The van der Waals surface area contributed by atoms with Crippen molar-refractivity contribution in [1.82, 2.24) is 24.5 Å². The highest BCUT2D eigenvalue weighted by atomic mass is 32.2. The van der Waals surface area contributed by atoms with Crippen LogP contribution >= 0.6 is 23.3 Å². The van der Waals surface area contributed by atoms with Crippen LogP contribution in [0.2, 0.25) is 0 Å². The van der Waals surface area contributed by atoms with Gasteiger partial charge in [-0.05, 0) is 47.7 Å². The van der Waals surface area contributed by atoms with Gasteiger partial charge in [0, 0.05) is 29.6 Å². The topological polar surface area (TPSA) is 57.7 Å². The molecule has 1 N–H and O–H groups in total. The molecule has 0 amide bonds. The molecule has 0 fully saturated rings. The average molecular weight is 339 g/mol. The Bertz CT molecular complexity index is 1010. The number of hydrogen-bond donors (Lipinski definition) is 1. The van der Waals surface area contributed by atoms with Crippen molar-refractivity contribution >= 4 is 44.5 Å². The minimum absolute atomic E-state index is 0.889. The van der Waals surface area contributed by atoms with Crippen LogP contribution in [0.4, 0.5) is 0 Å². The number of benzene rings is 1. The molecule has 23 heavy (non-hydrogen) atoms. The number of fused-ring (bicyclic) bond motifs is 4. The fraction of sp³-hybridized carbons (Fsp3) is 0.188. The standard InChI is InChI=1S/C16H13N5S2/c1-2-14-15(22-9-18-14)5-11(1)23-21-4-3-12-10(8-21)6-17-16-13(12)7-19-20-16/h1-2,5-7,9H,3-4,8H2,(H,17,19,20). The van der Waals surface area contributed by atoms with Crippen LogP contribution in [0.25, 0.3) is 21.3 Å². The maximum absolute atomic E-state index is 4.47. The van der Waals surface area contributed by atoms with E-state index in [9.17, 15) is 0 Å². The molecule has 0 unspecified atom stereocenters. The van der Waals surface area contributed by atoms with Gasteiger partial charge >= 0.3 is 0 Å². The summed E-state index contributed by atoms with van der Waals surface area (Å²) in [6.07, 6.45) is 4.90. The molecular formula is C16H13N5S2. The molecule has 0 radical (unpaired) electrons. The highest BCUT2D eigenvalue weighted by Gasteiger charge is 2.20. The van der Waals surface area contributed by atoms with Gasteiger partial charge in [-0.15, -0.1) is 11.3 Å². The predicted octanol–water partition coefficient (Wildman–Crippen LogP) is 3.63. The first-order chi connectivity index (χ1) is 11.4. The number of aromatic amines is 1. The first-order valence-corrected chi connectivity index (χ1v) is 9.08. The summed E-state index contributed by atoms with van der Waals surface area (Å²) in [5, 5.41) is 8.22. The Morgan fingerprint density at radius 1 is 1.22 bits per heavy atom. The van der Waals surface area contributed by atoms with Crippen molar-refractivity contribution < 1.29 is 0 Å². The lowest BCUT2D eigenvalue weighted by atomic mass is 10.0. The van der Waals surface area contributed by atoms with Gasteiger partial charge in [0.25, 0.3) is 0 Å². The maximum atomic E-state index is 4.47. The van der Waals surface area contributed by atoms with Crippen molar-refractivity contribution in [3.8, 4) is 0 Å². The number of pyridine rings is 1. The Balaban J connectivity index is 1.42. The third kappa shape index (κ3) is 2.32. The summed E-state index contributed by atoms with van der Waals surface area (Å²) in [6.45, 7) is 1.94. The third-order valence-corrected chi connectivity index (χ3v) is 6.00. The van der Waals surface area contributed by atoms with E-state index in [1.165, 1.54) is 26.1 Å². The van der Waals surface area contributed by atoms with Crippen molar-refractivity contribution in [2.24, 2.45) is 0 Å². The van der Waals surface area contributed by atoms with Gasteiger partial charge in [-0.25, -0.2) is 14.3 Å². The van der Waals surface area contributed by atoms with Crippen molar-refractivity contribution in [3.63, 3.8) is 0 Å². The summed E-state index contributed by atoms with van der Waals surface area (Å²) in [7, 11) is 0. The molecule has 0 atom stereocenters. The van der Waals surface area contributed by atoms with Gasteiger partial charge in [0.15, 0.2) is 5.65 Å². The zero-order valence-electron chi connectivity index (χ0n) is 12.2. The lowest BCUT2D eigenvalue weighted by Gasteiger charge is -2.27. The second-order valence-electron chi connectivity index (χ2n) is 5.58. The zero-order chi connectivity index (χ0) is 15.2. The molecule has 3 aromatic heterocycles. The molecule has 1 aromatic carbocycles. The molecule has 5 rings (SSSR count). The van der Waals surface area contributed by atoms with Crippen LogP contribution in [0.3, 0.4) is 0 Å². The van der Waals surface area contributed by atoms with Crippen LogP contribution < -0.4 is 0 Å². The Labute approximate surface area is 140 Å². The van der Waals surface area contributed by atoms with Crippen LogP contribution in [0, 0.1) is 0 Å². The molecular weight excluding hydrogens is 326 g/mol. The predicted molar refractivity (Wildman–Crippen MR) is 93.5 cm³/mol. The third-order valence-electron chi connectivity index (χ3n) is 4.18. The molecule has 0 spiro atoms. The van der Waals surface area contributed by atoms with E-state index in [1.54, 1.807) is 11.3 Å². The van der Waals surface area contributed by atoms with Crippen molar-refractivity contribution in [2.45, 2.75) is 17.9 Å². The van der Waals surface area contributed by atoms with Gasteiger partial charge in [-0.2, -0.15) is 5.10 Å². The summed E-state index contributed by atoms with van der Waals surface area (Å²) in [5.74, 6) is 0. The summed E-state index contributed by atoms with van der Waals surface area (Å²) in [6, 6.07) is 6.48. The molecule has 0 saturated heterocycles. The van der Waals surface area contributed by atoms with E-state index in [0.717, 1.165) is 30.7 Å². The quantitative estimate of drug-likeness (QED) is 0.565. The number of aromatic nitrogens is 4. The highest BCUT2D eigenvalue weighted by Crippen LogP contribution is 2.33. The average Bonchev–Trinajstić information content (AvgIpc) is 3.23. The molecule has 114 valence electrons. The van der Waals surface area contributed by atoms with E-state index in [2.05, 4.69) is 42.7 Å². The fourth-order valence-corrected chi connectivity index (χ4v) is 4.82. The van der Waals surface area contributed by atoms with Gasteiger partial charge < -0.3 is 0 Å². The van der Waals surface area contributed by atoms with E-state index < -0.39 is 0 Å². The van der Waals surface area contributed by atoms with E-state index in [4.69, 9.17) is 0 Å². The SMILES string of the molecule is c1nc2ccc(SN3CCc4c(cnc5[nH]ncc45)C3)cc2s1. The van der Waals surface area contributed by atoms with Crippen LogP contribution in [-0.2, 0) is 13.0 Å². The molecule has 4 heterocycles. The normalized spacial score (nSPS) is 15.3. The first kappa shape index (κ1) is 13.5. The van der Waals surface area contributed by atoms with Crippen LogP contribution in [0.5, 0.6) is 0 Å². The summed E-state index contributed by atoms with van der Waals surface area (Å²) in [4.78, 5) is 10.1. The summed E-state index contributed by atoms with van der Waals surface area (Å²) < 4.78 is 3.65. The Hall–Kier alpha value is -1.96. The second-order valence-corrected chi connectivity index (χ2v) is 7.64. The molecule has 0 bridgehead atoms. The molecule has 0 saturated carbocycles. The van der Waals surface area contributed by atoms with Gasteiger partial charge in [-0.3, -0.25) is 5.10 Å². The van der Waals surface area contributed by atoms with Crippen molar-refractivity contribution in [3.05, 3.63) is 47.2 Å². The summed E-state index contributed by atoms with van der Waals surface area (Å²) in [5.41, 5.74) is 6.56. The Morgan fingerprint density at radius 3 is 3.22 bits per heavy atom. The molecule has 0 aliphatic carbocycles. The molecule has 7 heteroatoms. The summed E-state index contributed by atoms with van der Waals surface area (Å²) >= 11 is 3.51. The van der Waals surface area contributed by atoms with Crippen LogP contribution in [0.15, 0.2) is 41.0 Å². The zero-order valence-corrected chi connectivity index (χ0v) is 13.8. The molecule has 4 aromatic rings. The van der Waals surface area contributed by atoms with E-state index in [0.29, 0.717) is 0 Å². The number of hydrogen-bond acceptors (Lipinski definition) is 6. The monoisotopic (exact) mass is 339 g/mol. The fourth-order valence-electron chi connectivity index (χ4n) is 3.05. The number of nitrogens with one attached hydrogen (secondary N) is 1. The van der Waals surface area contributed by atoms with Gasteiger partial charge in [0.1, 0.15) is 0 Å². The van der Waals surface area contributed by atoms with Crippen molar-refractivity contribution in [1.29, 1.82) is 0 Å². The van der Waals surface area contributed by atoms with E-state index >= 15 is 0 Å². The maximum Gasteiger partial charge on any atom is 0.155 e. The van der Waals surface area contributed by atoms with Crippen LogP contribution in [-0.4, -0.2) is 31.0 Å². The lowest BCUT2D eigenvalue weighted by molar-refractivity contribution is 0.445. The van der Waals surface area contributed by atoms with E-state index in [-0.39, 0.29) is 0 Å². The number of rotatable bonds is 2. The molecule has 1 aliphatic heterocycles. The van der Waals surface area contributed by atoms with Gasteiger partial charge in [0.05, 0.1) is 21.9 Å². The minimum Gasteiger partial charge on any atom is -0.261 e. The van der Waals surface area contributed by atoms with Gasteiger partial charge in [-0.1, -0.05) is 0 Å². The minimum atomic E-state index is 0.889. The molecule has 5 nitrogen and oxygen atoms in total. The van der Waals surface area contributed by atoms with Crippen molar-refractivity contribution in [2.75, 3.05) is 6.54 Å². The van der Waals surface area contributed by atoms with Gasteiger partial charge in [0.2, 0.25) is 0 Å². The number of nitrogens with zero attached hydrogens (tertiary/aromatic N) is 4. The van der Waals surface area contributed by atoms with Crippen LogP contribution in [0.1, 0.15) is 11.1 Å². The smallest absolute Gasteiger partial charge is 0.155 e. The lowest BCUT2D eigenvalue weighted by Crippen LogP contribution is -2.24. The van der Waals surface area contributed by atoms with E-state index in [1.807, 2.05) is 29.9 Å². The Kier molecular flexibility index (Phi) is 3.10. The number of H-pyrrole nitrogens is 1. The second kappa shape index (κ2) is 5.30. The largest absolute Gasteiger partial charge is 0.261 e. The number of thiazole rings is 1.